The van der Waals surface area contributed by atoms with Gasteiger partial charge in [-0.2, -0.15) is 0 Å². The van der Waals surface area contributed by atoms with E-state index in [1.54, 1.807) is 6.20 Å². The van der Waals surface area contributed by atoms with Gasteiger partial charge in [-0.1, -0.05) is 13.3 Å². The van der Waals surface area contributed by atoms with E-state index in [-0.39, 0.29) is 0 Å². The first-order chi connectivity index (χ1) is 6.16. The summed E-state index contributed by atoms with van der Waals surface area (Å²) in [6.45, 7) is 2.18. The molecule has 0 aliphatic rings. The summed E-state index contributed by atoms with van der Waals surface area (Å²) in [6.07, 6.45) is 7.22. The lowest BCUT2D eigenvalue weighted by Crippen LogP contribution is -1.85. The summed E-state index contributed by atoms with van der Waals surface area (Å²) in [4.78, 5) is 15.5. The Hall–Kier alpha value is -1.59. The van der Waals surface area contributed by atoms with E-state index in [1.807, 2.05) is 6.20 Å². The first kappa shape index (κ1) is 11.4. The summed E-state index contributed by atoms with van der Waals surface area (Å²) in [5.74, 6) is 1.11. The van der Waals surface area contributed by atoms with Crippen LogP contribution in [0.1, 0.15) is 25.6 Å². The Balaban J connectivity index is 0.000000310. The summed E-state index contributed by atoms with van der Waals surface area (Å²) < 4.78 is 0. The van der Waals surface area contributed by atoms with Gasteiger partial charge in [-0.25, -0.2) is 4.98 Å². The highest BCUT2D eigenvalue weighted by Crippen LogP contribution is 1.96. The maximum absolute atomic E-state index is 8.36. The van der Waals surface area contributed by atoms with Crippen molar-refractivity contribution < 1.29 is 10.3 Å². The van der Waals surface area contributed by atoms with Crippen molar-refractivity contribution in [2.24, 2.45) is 0 Å². The number of aryl methyl sites for hydroxylation is 1. The van der Waals surface area contributed by atoms with Crippen LogP contribution in [0.15, 0.2) is 12.4 Å². The number of H-pyrrole nitrogens is 1. The third-order valence-corrected chi connectivity index (χ3v) is 1.32. The predicted molar refractivity (Wildman–Crippen MR) is 46.0 cm³/mol. The van der Waals surface area contributed by atoms with Crippen LogP contribution in [0.3, 0.4) is 0 Å². The molecule has 1 aromatic heterocycles. The Morgan fingerprint density at radius 1 is 1.77 bits per heavy atom. The molecule has 0 amide bonds. The minimum absolute atomic E-state index is 1.09. The van der Waals surface area contributed by atoms with E-state index in [2.05, 4.69) is 16.9 Å². The first-order valence-electron chi connectivity index (χ1n) is 3.98. The van der Waals surface area contributed by atoms with E-state index in [9.17, 15) is 0 Å². The van der Waals surface area contributed by atoms with Crippen LogP contribution >= 0.6 is 0 Å². The molecule has 13 heavy (non-hydrogen) atoms. The van der Waals surface area contributed by atoms with Gasteiger partial charge >= 0.3 is 0 Å². The molecule has 1 heterocycles. The molecule has 0 saturated heterocycles. The summed E-state index contributed by atoms with van der Waals surface area (Å²) in [5, 5.41) is 13.6. The van der Waals surface area contributed by atoms with Gasteiger partial charge in [0, 0.05) is 18.8 Å². The Labute approximate surface area is 75.7 Å². The van der Waals surface area contributed by atoms with Gasteiger partial charge in [0.25, 0.3) is 5.09 Å². The predicted octanol–water partition coefficient (Wildman–Crippen LogP) is 1.40. The van der Waals surface area contributed by atoms with Gasteiger partial charge in [0.05, 0.1) is 0 Å². The second-order valence-electron chi connectivity index (χ2n) is 2.38. The number of imidazole rings is 1. The van der Waals surface area contributed by atoms with Gasteiger partial charge < -0.3 is 10.2 Å². The lowest BCUT2D eigenvalue weighted by molar-refractivity contribution is -0.742. The first-order valence-corrected chi connectivity index (χ1v) is 3.98. The van der Waals surface area contributed by atoms with Crippen LogP contribution in [0.4, 0.5) is 0 Å². The van der Waals surface area contributed by atoms with Crippen molar-refractivity contribution in [1.82, 2.24) is 9.97 Å². The van der Waals surface area contributed by atoms with E-state index in [1.165, 1.54) is 12.8 Å². The largest absolute Gasteiger partial charge is 0.349 e. The van der Waals surface area contributed by atoms with E-state index in [4.69, 9.17) is 15.3 Å². The third kappa shape index (κ3) is 8.32. The maximum Gasteiger partial charge on any atom is 0.291 e. The average molecular weight is 187 g/mol. The summed E-state index contributed by atoms with van der Waals surface area (Å²) in [6, 6.07) is 0. The zero-order chi connectivity index (χ0) is 10.1. The molecule has 1 rings (SSSR count). The van der Waals surface area contributed by atoms with E-state index in [0.29, 0.717) is 0 Å². The van der Waals surface area contributed by atoms with Crippen molar-refractivity contribution in [3.63, 3.8) is 0 Å². The smallest absolute Gasteiger partial charge is 0.291 e. The van der Waals surface area contributed by atoms with Crippen molar-refractivity contribution in [2.45, 2.75) is 26.2 Å². The summed E-state index contributed by atoms with van der Waals surface area (Å²) in [5.41, 5.74) is 0. The minimum atomic E-state index is -1.50. The molecule has 0 spiro atoms. The number of aromatic amines is 1. The van der Waals surface area contributed by atoms with Gasteiger partial charge in [0.1, 0.15) is 5.82 Å². The fourth-order valence-electron chi connectivity index (χ4n) is 0.779. The molecule has 74 valence electrons. The highest BCUT2D eigenvalue weighted by atomic mass is 16.9. The van der Waals surface area contributed by atoms with Crippen LogP contribution in [-0.4, -0.2) is 20.3 Å². The van der Waals surface area contributed by atoms with Crippen LogP contribution in [0.25, 0.3) is 0 Å². The fraction of sp³-hybridized carbons (Fsp3) is 0.571. The van der Waals surface area contributed by atoms with Crippen molar-refractivity contribution >= 4 is 0 Å². The molecule has 0 aromatic carbocycles. The standard InChI is InChI=1S/C7H12N2.HNO3/c1-2-3-4-7-8-5-6-9-7;2-1(3)4/h5-6H,2-4H2,1H3,(H,8,9);(H,2,3,4). The Kier molecular flexibility index (Phi) is 6.21. The second-order valence-corrected chi connectivity index (χ2v) is 2.38. The number of rotatable bonds is 3. The molecule has 0 saturated carbocycles. The molecule has 0 atom stereocenters. The van der Waals surface area contributed by atoms with Crippen LogP contribution in [-0.2, 0) is 6.42 Å². The molecule has 0 bridgehead atoms. The van der Waals surface area contributed by atoms with Gasteiger partial charge in [0.2, 0.25) is 0 Å². The molecular weight excluding hydrogens is 174 g/mol. The van der Waals surface area contributed by atoms with Crippen molar-refractivity contribution in [3.05, 3.63) is 28.3 Å². The summed E-state index contributed by atoms with van der Waals surface area (Å²) >= 11 is 0. The highest BCUT2D eigenvalue weighted by Gasteiger charge is 1.90. The normalized spacial score (nSPS) is 8.69. The van der Waals surface area contributed by atoms with E-state index < -0.39 is 5.09 Å². The van der Waals surface area contributed by atoms with Crippen LogP contribution in [0.2, 0.25) is 0 Å². The van der Waals surface area contributed by atoms with Crippen LogP contribution < -0.4 is 0 Å². The number of nitrogens with zero attached hydrogens (tertiary/aromatic N) is 2. The SMILES string of the molecule is CCCCc1ncc[nH]1.O=[N+]([O-])O. The molecule has 0 radical (unpaired) electrons. The number of aromatic nitrogens is 2. The Bertz CT molecular complexity index is 219. The summed E-state index contributed by atoms with van der Waals surface area (Å²) in [7, 11) is 0. The highest BCUT2D eigenvalue weighted by molar-refractivity contribution is 4.86. The number of hydrogen-bond acceptors (Lipinski definition) is 3. The molecule has 2 N–H and O–H groups in total. The molecule has 0 aliphatic heterocycles. The van der Waals surface area contributed by atoms with E-state index >= 15 is 0 Å². The Morgan fingerprint density at radius 3 is 2.77 bits per heavy atom. The lowest BCUT2D eigenvalue weighted by atomic mass is 10.2. The quantitative estimate of drug-likeness (QED) is 0.552. The molecule has 0 aliphatic carbocycles. The van der Waals surface area contributed by atoms with Crippen molar-refractivity contribution in [2.75, 3.05) is 0 Å². The fourth-order valence-corrected chi connectivity index (χ4v) is 0.779. The molecule has 0 fully saturated rings. The van der Waals surface area contributed by atoms with Crippen molar-refractivity contribution in [1.29, 1.82) is 0 Å². The van der Waals surface area contributed by atoms with Gasteiger partial charge in [-0.05, 0) is 6.42 Å². The topological polar surface area (TPSA) is 92.0 Å². The molecule has 1 aromatic rings. The Morgan fingerprint density at radius 2 is 2.38 bits per heavy atom. The van der Waals surface area contributed by atoms with Crippen LogP contribution in [0, 0.1) is 10.1 Å². The molecular formula is C7H13N3O3. The van der Waals surface area contributed by atoms with Crippen molar-refractivity contribution in [3.8, 4) is 0 Å². The van der Waals surface area contributed by atoms with Gasteiger partial charge in [-0.3, -0.25) is 0 Å². The molecule has 6 nitrogen and oxygen atoms in total. The second kappa shape index (κ2) is 7.08. The monoisotopic (exact) mass is 187 g/mol. The average Bonchev–Trinajstić information content (AvgIpc) is 2.51. The van der Waals surface area contributed by atoms with Gasteiger partial charge in [-0.15, -0.1) is 10.1 Å². The number of unbranched alkanes of at least 4 members (excludes halogenated alkanes) is 1. The number of hydrogen-bond donors (Lipinski definition) is 2. The zero-order valence-electron chi connectivity index (χ0n) is 7.43. The third-order valence-electron chi connectivity index (χ3n) is 1.32. The number of nitrogens with one attached hydrogen (secondary N) is 1. The molecule has 0 unspecified atom stereocenters. The van der Waals surface area contributed by atoms with E-state index in [0.717, 1.165) is 12.2 Å². The maximum atomic E-state index is 8.36. The lowest BCUT2D eigenvalue weighted by Gasteiger charge is -1.90. The van der Waals surface area contributed by atoms with Gasteiger partial charge in [0.15, 0.2) is 0 Å². The molecule has 6 heteroatoms. The van der Waals surface area contributed by atoms with Crippen LogP contribution in [0.5, 0.6) is 0 Å². The minimum Gasteiger partial charge on any atom is -0.349 e. The zero-order valence-corrected chi connectivity index (χ0v) is 7.43.